The summed E-state index contributed by atoms with van der Waals surface area (Å²) in [5, 5.41) is 0.226. The third-order valence-electron chi connectivity index (χ3n) is 2.35. The van der Waals surface area contributed by atoms with Gasteiger partial charge in [-0.05, 0) is 6.92 Å². The van der Waals surface area contributed by atoms with Crippen LogP contribution in [0.4, 0.5) is 0 Å². The fourth-order valence-electron chi connectivity index (χ4n) is 1.61. The summed E-state index contributed by atoms with van der Waals surface area (Å²) in [6.07, 6.45) is 2.79. The second-order valence-electron chi connectivity index (χ2n) is 3.81. The van der Waals surface area contributed by atoms with Crippen LogP contribution in [-0.2, 0) is 14.2 Å². The number of halogens is 1. The van der Waals surface area contributed by atoms with Gasteiger partial charge in [0, 0.05) is 25.9 Å². The van der Waals surface area contributed by atoms with Crippen molar-refractivity contribution in [1.82, 2.24) is 9.97 Å². The zero-order chi connectivity index (χ0) is 13.0. The lowest BCUT2D eigenvalue weighted by molar-refractivity contribution is -0.324. The Kier molecular flexibility index (Phi) is 4.34. The van der Waals surface area contributed by atoms with Crippen molar-refractivity contribution in [2.45, 2.75) is 25.9 Å². The van der Waals surface area contributed by atoms with Gasteiger partial charge in [0.1, 0.15) is 12.7 Å². The van der Waals surface area contributed by atoms with Gasteiger partial charge < -0.3 is 18.9 Å². The van der Waals surface area contributed by atoms with E-state index in [2.05, 4.69) is 9.97 Å². The summed E-state index contributed by atoms with van der Waals surface area (Å²) in [7, 11) is 0. The molecular weight excluding hydrogens is 260 g/mol. The van der Waals surface area contributed by atoms with Crippen molar-refractivity contribution in [2.75, 3.05) is 19.8 Å². The van der Waals surface area contributed by atoms with E-state index >= 15 is 0 Å². The summed E-state index contributed by atoms with van der Waals surface area (Å²) in [4.78, 5) is 7.83. The summed E-state index contributed by atoms with van der Waals surface area (Å²) < 4.78 is 21.8. The van der Waals surface area contributed by atoms with Gasteiger partial charge in [-0.25, -0.2) is 9.97 Å². The maximum atomic E-state index is 5.82. The summed E-state index contributed by atoms with van der Waals surface area (Å²) in [6, 6.07) is 0. The maximum absolute atomic E-state index is 5.82. The van der Waals surface area contributed by atoms with Crippen molar-refractivity contribution in [2.24, 2.45) is 0 Å². The third-order valence-corrected chi connectivity index (χ3v) is 2.61. The minimum Gasteiger partial charge on any atom is -0.473 e. The van der Waals surface area contributed by atoms with E-state index in [1.165, 1.54) is 12.4 Å². The van der Waals surface area contributed by atoms with Crippen molar-refractivity contribution in [3.8, 4) is 5.88 Å². The number of rotatable bonds is 5. The van der Waals surface area contributed by atoms with Gasteiger partial charge in [0.25, 0.3) is 11.9 Å². The molecule has 1 aliphatic rings. The molecule has 1 saturated heterocycles. The molecule has 0 aromatic carbocycles. The Morgan fingerprint density at radius 1 is 1.50 bits per heavy atom. The van der Waals surface area contributed by atoms with Crippen LogP contribution in [0, 0.1) is 0 Å². The van der Waals surface area contributed by atoms with Gasteiger partial charge in [-0.15, -0.1) is 0 Å². The van der Waals surface area contributed by atoms with Crippen LogP contribution in [0.5, 0.6) is 5.88 Å². The molecule has 1 aliphatic heterocycles. The Labute approximate surface area is 110 Å². The van der Waals surface area contributed by atoms with Gasteiger partial charge in [0.2, 0.25) is 0 Å². The van der Waals surface area contributed by atoms with Crippen LogP contribution in [0.3, 0.4) is 0 Å². The van der Waals surface area contributed by atoms with Crippen LogP contribution < -0.4 is 4.74 Å². The Hall–Kier alpha value is -0.950. The van der Waals surface area contributed by atoms with Crippen LogP contribution in [0.1, 0.15) is 13.8 Å². The molecule has 0 bridgehead atoms. The molecule has 2 heterocycles. The fraction of sp³-hybridized carbons (Fsp3) is 0.636. The van der Waals surface area contributed by atoms with Crippen molar-refractivity contribution in [1.29, 1.82) is 0 Å². The quantitative estimate of drug-likeness (QED) is 0.813. The lowest BCUT2D eigenvalue weighted by Crippen LogP contribution is -2.31. The van der Waals surface area contributed by atoms with Crippen LogP contribution in [0.15, 0.2) is 12.4 Å². The van der Waals surface area contributed by atoms with E-state index in [9.17, 15) is 0 Å². The predicted octanol–water partition coefficient (Wildman–Crippen LogP) is 1.63. The molecule has 1 fully saturated rings. The van der Waals surface area contributed by atoms with Crippen LogP contribution >= 0.6 is 11.6 Å². The van der Waals surface area contributed by atoms with Crippen molar-refractivity contribution < 1.29 is 18.9 Å². The highest BCUT2D eigenvalue weighted by Crippen LogP contribution is 2.25. The third kappa shape index (κ3) is 3.29. The molecule has 7 heteroatoms. The summed E-state index contributed by atoms with van der Waals surface area (Å²) in [5.41, 5.74) is 0. The van der Waals surface area contributed by atoms with Crippen molar-refractivity contribution in [3.63, 3.8) is 0 Å². The molecule has 18 heavy (non-hydrogen) atoms. The Morgan fingerprint density at radius 2 is 2.28 bits per heavy atom. The molecule has 6 nitrogen and oxygen atoms in total. The zero-order valence-corrected chi connectivity index (χ0v) is 11.0. The molecule has 0 spiro atoms. The lowest BCUT2D eigenvalue weighted by atomic mass is 10.4. The van der Waals surface area contributed by atoms with Gasteiger partial charge in [0.05, 0.1) is 6.61 Å². The van der Waals surface area contributed by atoms with Crippen LogP contribution in [0.25, 0.3) is 0 Å². The van der Waals surface area contributed by atoms with Gasteiger partial charge in [-0.3, -0.25) is 0 Å². The molecule has 0 N–H and O–H groups in total. The normalized spacial score (nSPS) is 27.4. The van der Waals surface area contributed by atoms with Crippen LogP contribution in [0.2, 0.25) is 5.15 Å². The first kappa shape index (κ1) is 13.5. The molecule has 0 saturated carbocycles. The number of nitrogens with zero attached hydrogens (tertiary/aromatic N) is 2. The van der Waals surface area contributed by atoms with Crippen LogP contribution in [-0.4, -0.2) is 41.9 Å². The molecule has 0 radical (unpaired) electrons. The smallest absolute Gasteiger partial charge is 0.280 e. The second kappa shape index (κ2) is 5.79. The molecule has 1 aromatic heterocycles. The van der Waals surface area contributed by atoms with Crippen molar-refractivity contribution in [3.05, 3.63) is 17.5 Å². The average molecular weight is 275 g/mol. The monoisotopic (exact) mass is 274 g/mol. The Balaban J connectivity index is 1.84. The minimum absolute atomic E-state index is 0.223. The van der Waals surface area contributed by atoms with E-state index in [0.717, 1.165) is 0 Å². The molecule has 0 amide bonds. The number of hydrogen-bond donors (Lipinski definition) is 0. The highest BCUT2D eigenvalue weighted by atomic mass is 35.5. The van der Waals surface area contributed by atoms with E-state index in [0.29, 0.717) is 13.2 Å². The lowest BCUT2D eigenvalue weighted by Gasteiger charge is -2.22. The molecular formula is C11H15ClN2O4. The number of aromatic nitrogens is 2. The SMILES string of the molecule is CCOC1(C)OCC(COc2nccnc2Cl)O1. The topological polar surface area (TPSA) is 62.7 Å². The first-order valence-electron chi connectivity index (χ1n) is 5.68. The second-order valence-corrected chi connectivity index (χ2v) is 4.17. The van der Waals surface area contributed by atoms with Gasteiger partial charge >= 0.3 is 0 Å². The standard InChI is InChI=1S/C11H15ClN2O4/c1-3-16-11(2)17-7-8(18-11)6-15-10-9(12)13-4-5-14-10/h4-5,8H,3,6-7H2,1-2H3. The van der Waals surface area contributed by atoms with Gasteiger partial charge in [-0.1, -0.05) is 11.6 Å². The summed E-state index contributed by atoms with van der Waals surface area (Å²) >= 11 is 5.82. The fourth-order valence-corrected chi connectivity index (χ4v) is 1.77. The van der Waals surface area contributed by atoms with E-state index < -0.39 is 5.97 Å². The van der Waals surface area contributed by atoms with E-state index in [-0.39, 0.29) is 23.7 Å². The Bertz CT molecular complexity index is 406. The van der Waals surface area contributed by atoms with Gasteiger partial charge in [0.15, 0.2) is 5.15 Å². The number of ether oxygens (including phenoxy) is 4. The van der Waals surface area contributed by atoms with Gasteiger partial charge in [-0.2, -0.15) is 0 Å². The van der Waals surface area contributed by atoms with E-state index in [1.54, 1.807) is 6.92 Å². The minimum atomic E-state index is -0.991. The molecule has 0 aliphatic carbocycles. The molecule has 1 aromatic rings. The molecule has 100 valence electrons. The highest BCUT2D eigenvalue weighted by molar-refractivity contribution is 6.30. The molecule has 2 atom stereocenters. The Morgan fingerprint density at radius 3 is 3.00 bits per heavy atom. The maximum Gasteiger partial charge on any atom is 0.280 e. The predicted molar refractivity (Wildman–Crippen MR) is 63.4 cm³/mol. The number of hydrogen-bond acceptors (Lipinski definition) is 6. The zero-order valence-electron chi connectivity index (χ0n) is 10.3. The highest BCUT2D eigenvalue weighted by Gasteiger charge is 2.38. The average Bonchev–Trinajstić information content (AvgIpc) is 2.70. The first-order chi connectivity index (χ1) is 8.63. The first-order valence-corrected chi connectivity index (χ1v) is 6.06. The summed E-state index contributed by atoms with van der Waals surface area (Å²) in [5.74, 6) is -0.706. The summed E-state index contributed by atoms with van der Waals surface area (Å²) in [6.45, 7) is 4.79. The van der Waals surface area contributed by atoms with E-state index in [4.69, 9.17) is 30.5 Å². The van der Waals surface area contributed by atoms with E-state index in [1.807, 2.05) is 6.92 Å². The molecule has 2 unspecified atom stereocenters. The largest absolute Gasteiger partial charge is 0.473 e. The molecule has 2 rings (SSSR count). The van der Waals surface area contributed by atoms with Crippen molar-refractivity contribution >= 4 is 11.6 Å².